The lowest BCUT2D eigenvalue weighted by Gasteiger charge is -2.25. The molecule has 113 valence electrons. The summed E-state index contributed by atoms with van der Waals surface area (Å²) < 4.78 is 1.79. The molecule has 1 aliphatic rings. The SMILES string of the molecule is [B][B]Cn1nnc2c1-c1ccccc1CN(C=O)c1ccccc1-2. The smallest absolute Gasteiger partial charge is 0.214 e. The van der Waals surface area contributed by atoms with Crippen LogP contribution in [-0.4, -0.2) is 36.3 Å². The lowest BCUT2D eigenvalue weighted by Crippen LogP contribution is -2.23. The number of hydrogen-bond donors (Lipinski definition) is 0. The number of amides is 1. The Morgan fingerprint density at radius 2 is 1.88 bits per heavy atom. The fraction of sp³-hybridized carbons (Fsp3) is 0.118. The van der Waals surface area contributed by atoms with Gasteiger partial charge >= 0.3 is 0 Å². The van der Waals surface area contributed by atoms with Crippen LogP contribution in [0.3, 0.4) is 0 Å². The van der Waals surface area contributed by atoms with Gasteiger partial charge in [0, 0.05) is 25.3 Å². The number of aromatic nitrogens is 3. The Labute approximate surface area is 141 Å². The third-order valence-corrected chi connectivity index (χ3v) is 4.22. The summed E-state index contributed by atoms with van der Waals surface area (Å²) in [5.41, 5.74) is 5.45. The molecule has 3 aromatic rings. The number of carbonyl (C=O) groups is 1. The Hall–Kier alpha value is -2.82. The van der Waals surface area contributed by atoms with E-state index in [4.69, 9.17) is 7.74 Å². The molecule has 7 heteroatoms. The van der Waals surface area contributed by atoms with Gasteiger partial charge < -0.3 is 4.90 Å². The average Bonchev–Trinajstić information content (AvgIpc) is 3.02. The number of benzene rings is 2. The van der Waals surface area contributed by atoms with Gasteiger partial charge in [-0.1, -0.05) is 47.7 Å². The van der Waals surface area contributed by atoms with Crippen LogP contribution in [0.25, 0.3) is 22.5 Å². The first-order valence-electron chi connectivity index (χ1n) is 7.70. The summed E-state index contributed by atoms with van der Waals surface area (Å²) in [6, 6.07) is 15.7. The Kier molecular flexibility index (Phi) is 3.69. The van der Waals surface area contributed by atoms with E-state index in [-0.39, 0.29) is 0 Å². The van der Waals surface area contributed by atoms with Gasteiger partial charge in [0.15, 0.2) is 0 Å². The third kappa shape index (κ3) is 2.24. The van der Waals surface area contributed by atoms with Crippen LogP contribution in [0, 0.1) is 0 Å². The summed E-state index contributed by atoms with van der Waals surface area (Å²) in [5.74, 6) is 0. The maximum Gasteiger partial charge on any atom is 0.214 e. The van der Waals surface area contributed by atoms with Crippen molar-refractivity contribution in [2.45, 2.75) is 13.0 Å². The molecule has 5 nitrogen and oxygen atoms in total. The molecule has 2 aromatic carbocycles. The zero-order valence-electron chi connectivity index (χ0n) is 13.0. The molecular formula is C17H13B2N4O. The summed E-state index contributed by atoms with van der Waals surface area (Å²) >= 11 is 0. The molecule has 0 bridgehead atoms. The summed E-state index contributed by atoms with van der Waals surface area (Å²) in [5, 5.41) is 8.65. The molecular weight excluding hydrogens is 298 g/mol. The standard InChI is InChI=1S/C17H13B2N4O/c18-19-10-23-17-13-6-2-1-5-12(13)9-22(11-24)15-8-4-3-7-14(15)16(17)20-21-23/h1-8,11H,9-10H2. The minimum Gasteiger partial charge on any atom is -0.310 e. The van der Waals surface area contributed by atoms with Gasteiger partial charge in [-0.3, -0.25) is 9.48 Å². The molecule has 4 rings (SSSR count). The first-order valence-corrected chi connectivity index (χ1v) is 7.70. The van der Waals surface area contributed by atoms with Crippen molar-refractivity contribution >= 4 is 27.0 Å². The van der Waals surface area contributed by atoms with Crippen molar-refractivity contribution in [1.29, 1.82) is 0 Å². The average molecular weight is 311 g/mol. The van der Waals surface area contributed by atoms with Crippen LogP contribution < -0.4 is 4.90 Å². The largest absolute Gasteiger partial charge is 0.310 e. The molecule has 2 heterocycles. The van der Waals surface area contributed by atoms with E-state index in [1.54, 1.807) is 16.8 Å². The number of anilines is 1. The van der Waals surface area contributed by atoms with Gasteiger partial charge in [0.1, 0.15) is 5.69 Å². The van der Waals surface area contributed by atoms with Crippen molar-refractivity contribution in [2.75, 3.05) is 4.90 Å². The zero-order valence-corrected chi connectivity index (χ0v) is 13.0. The van der Waals surface area contributed by atoms with E-state index in [1.165, 1.54) is 0 Å². The van der Waals surface area contributed by atoms with Crippen LogP contribution in [0.2, 0.25) is 0 Å². The number of rotatable bonds is 3. The Balaban J connectivity index is 2.06. The fourth-order valence-electron chi connectivity index (χ4n) is 3.16. The van der Waals surface area contributed by atoms with Gasteiger partial charge in [-0.15, -0.1) is 5.10 Å². The van der Waals surface area contributed by atoms with E-state index >= 15 is 0 Å². The highest BCUT2D eigenvalue weighted by atomic mass is 16.1. The quantitative estimate of drug-likeness (QED) is 0.548. The Morgan fingerprint density at radius 3 is 2.67 bits per heavy atom. The maximum atomic E-state index is 11.7. The van der Waals surface area contributed by atoms with Gasteiger partial charge in [-0.2, -0.15) is 0 Å². The molecule has 1 aliphatic heterocycles. The summed E-state index contributed by atoms with van der Waals surface area (Å²) in [6.07, 6.45) is 1.33. The number of nitrogens with zero attached hydrogens (tertiary/aromatic N) is 4. The normalized spacial score (nSPS) is 12.4. The van der Waals surface area contributed by atoms with Crippen molar-refractivity contribution in [1.82, 2.24) is 15.0 Å². The number of fused-ring (bicyclic) bond motifs is 5. The summed E-state index contributed by atoms with van der Waals surface area (Å²) in [6.45, 7) is 0.494. The lowest BCUT2D eigenvalue weighted by molar-refractivity contribution is -0.107. The van der Waals surface area contributed by atoms with Crippen molar-refractivity contribution in [3.05, 3.63) is 54.1 Å². The maximum absolute atomic E-state index is 11.7. The van der Waals surface area contributed by atoms with Crippen molar-refractivity contribution in [3.8, 4) is 22.5 Å². The van der Waals surface area contributed by atoms with Gasteiger partial charge in [0.2, 0.25) is 6.41 Å². The predicted octanol–water partition coefficient (Wildman–Crippen LogP) is 1.83. The van der Waals surface area contributed by atoms with Crippen molar-refractivity contribution < 1.29 is 4.79 Å². The van der Waals surface area contributed by atoms with Gasteiger partial charge in [0.25, 0.3) is 0 Å². The van der Waals surface area contributed by atoms with Crippen LogP contribution in [0.1, 0.15) is 5.56 Å². The fourth-order valence-corrected chi connectivity index (χ4v) is 3.16. The van der Waals surface area contributed by atoms with Crippen LogP contribution >= 0.6 is 0 Å². The second-order valence-corrected chi connectivity index (χ2v) is 5.61. The highest BCUT2D eigenvalue weighted by Crippen LogP contribution is 2.40. The molecule has 1 aromatic heterocycles. The van der Waals surface area contributed by atoms with Crippen LogP contribution in [-0.2, 0) is 17.8 Å². The van der Waals surface area contributed by atoms with E-state index in [0.717, 1.165) is 40.2 Å². The molecule has 0 unspecified atom stereocenters. The molecule has 1 amide bonds. The Bertz CT molecular complexity index is 909. The molecule has 0 N–H and O–H groups in total. The van der Waals surface area contributed by atoms with Crippen molar-refractivity contribution in [2.24, 2.45) is 0 Å². The number of carbonyl (C=O) groups excluding carboxylic acids is 1. The molecule has 3 radical (unpaired) electrons. The molecule has 0 aliphatic carbocycles. The second-order valence-electron chi connectivity index (χ2n) is 5.61. The highest BCUT2D eigenvalue weighted by Gasteiger charge is 2.25. The lowest BCUT2D eigenvalue weighted by atomic mass is 9.56. The first kappa shape index (κ1) is 14.8. The van der Waals surface area contributed by atoms with E-state index in [9.17, 15) is 4.79 Å². The minimum absolute atomic E-state index is 0.468. The van der Waals surface area contributed by atoms with Crippen LogP contribution in [0.4, 0.5) is 5.69 Å². The molecule has 0 saturated heterocycles. The van der Waals surface area contributed by atoms with Gasteiger partial charge in [-0.25, -0.2) is 0 Å². The molecule has 0 spiro atoms. The molecule has 0 fully saturated rings. The monoisotopic (exact) mass is 311 g/mol. The molecule has 0 saturated carbocycles. The van der Waals surface area contributed by atoms with E-state index < -0.39 is 0 Å². The van der Waals surface area contributed by atoms with E-state index in [1.807, 2.05) is 48.5 Å². The third-order valence-electron chi connectivity index (χ3n) is 4.22. The minimum atomic E-state index is 0.468. The van der Waals surface area contributed by atoms with Crippen molar-refractivity contribution in [3.63, 3.8) is 0 Å². The first-order chi connectivity index (χ1) is 11.8. The zero-order chi connectivity index (χ0) is 16.5. The second kappa shape index (κ2) is 6.00. The van der Waals surface area contributed by atoms with Crippen LogP contribution in [0.5, 0.6) is 0 Å². The van der Waals surface area contributed by atoms with E-state index in [0.29, 0.717) is 13.0 Å². The molecule has 0 atom stereocenters. The summed E-state index contributed by atoms with van der Waals surface area (Å²) in [7, 11) is 7.17. The Morgan fingerprint density at radius 1 is 1.12 bits per heavy atom. The van der Waals surface area contributed by atoms with Gasteiger partial charge in [0.05, 0.1) is 25.1 Å². The summed E-state index contributed by atoms with van der Waals surface area (Å²) in [4.78, 5) is 13.4. The predicted molar refractivity (Wildman–Crippen MR) is 94.6 cm³/mol. The number of hydrogen-bond acceptors (Lipinski definition) is 3. The highest BCUT2D eigenvalue weighted by molar-refractivity contribution is 6.88. The van der Waals surface area contributed by atoms with Gasteiger partial charge in [-0.05, 0) is 11.6 Å². The van der Waals surface area contributed by atoms with E-state index in [2.05, 4.69) is 10.3 Å². The molecule has 24 heavy (non-hydrogen) atoms. The topological polar surface area (TPSA) is 51.0 Å². The van der Waals surface area contributed by atoms with Crippen LogP contribution in [0.15, 0.2) is 48.5 Å². The number of para-hydroxylation sites is 1.